The highest BCUT2D eigenvalue weighted by Crippen LogP contribution is 2.47. The van der Waals surface area contributed by atoms with E-state index in [0.717, 1.165) is 19.4 Å². The molecule has 1 aromatic heterocycles. The van der Waals surface area contributed by atoms with Gasteiger partial charge in [-0.15, -0.1) is 13.0 Å². The summed E-state index contributed by atoms with van der Waals surface area (Å²) in [5.41, 5.74) is -1.15. The van der Waals surface area contributed by atoms with E-state index >= 15 is 8.78 Å². The van der Waals surface area contributed by atoms with Gasteiger partial charge < -0.3 is 19.7 Å². The van der Waals surface area contributed by atoms with E-state index in [2.05, 4.69) is 27.7 Å². The van der Waals surface area contributed by atoms with E-state index in [1.807, 2.05) is 4.90 Å². The van der Waals surface area contributed by atoms with Crippen molar-refractivity contribution >= 4 is 27.5 Å². The highest BCUT2D eigenvalue weighted by Gasteiger charge is 2.49. The predicted molar refractivity (Wildman–Crippen MR) is 172 cm³/mol. The number of piperazine rings is 1. The zero-order valence-corrected chi connectivity index (χ0v) is 25.7. The van der Waals surface area contributed by atoms with Gasteiger partial charge in [-0.3, -0.25) is 4.90 Å². The quantitative estimate of drug-likeness (QED) is 0.159. The van der Waals surface area contributed by atoms with Crippen LogP contribution >= 0.6 is 0 Å². The van der Waals surface area contributed by atoms with Crippen LogP contribution < -0.4 is 19.7 Å². The van der Waals surface area contributed by atoms with Crippen molar-refractivity contribution in [3.05, 3.63) is 66.0 Å². The van der Waals surface area contributed by atoms with Crippen molar-refractivity contribution in [2.45, 2.75) is 49.5 Å². The standard InChI is InChI=1S/C36H33F4N5O2/c1-3-7-25-26-18-46-33-29-32(30(39)28(31(33)40)23-9-5-8-20-10-11-24(38)22(4-2)27(20)23)42-35(43-34(29)45(26)15-13-41-25)47-19-36-12-6-14-44(36)17-21(37)16-36/h2-3,5,8-11,21,25-26,41H,1,6-7,12-19H2/t21-,25+,26-,36+/m1/s1. The molecule has 11 heteroatoms. The average Bonchev–Trinajstić information content (AvgIpc) is 3.53. The van der Waals surface area contributed by atoms with E-state index in [1.165, 1.54) is 18.2 Å². The number of fused-ring (bicyclic) bond motifs is 4. The topological polar surface area (TPSA) is 62.8 Å². The number of ether oxygens (including phenoxy) is 2. The minimum absolute atomic E-state index is 0.0722. The summed E-state index contributed by atoms with van der Waals surface area (Å²) in [5, 5.41) is 4.30. The molecule has 4 aliphatic rings. The van der Waals surface area contributed by atoms with Crippen molar-refractivity contribution in [1.29, 1.82) is 0 Å². The molecular formula is C36H33F4N5O2. The van der Waals surface area contributed by atoms with Crippen LogP contribution in [-0.2, 0) is 0 Å². The molecule has 3 aromatic carbocycles. The maximum Gasteiger partial charge on any atom is 0.319 e. The Morgan fingerprint density at radius 2 is 2.02 bits per heavy atom. The number of terminal acetylenes is 1. The van der Waals surface area contributed by atoms with Gasteiger partial charge in [0.2, 0.25) is 0 Å². The highest BCUT2D eigenvalue weighted by atomic mass is 19.1. The first-order valence-electron chi connectivity index (χ1n) is 16.0. The average molecular weight is 644 g/mol. The van der Waals surface area contributed by atoms with Crippen LogP contribution in [0.4, 0.5) is 23.4 Å². The van der Waals surface area contributed by atoms with Gasteiger partial charge >= 0.3 is 6.01 Å². The zero-order chi connectivity index (χ0) is 32.4. The molecule has 0 radical (unpaired) electrons. The highest BCUT2D eigenvalue weighted by molar-refractivity contribution is 6.05. The molecule has 3 saturated heterocycles. The summed E-state index contributed by atoms with van der Waals surface area (Å²) in [5.74, 6) is -0.148. The number of halogens is 4. The molecule has 242 valence electrons. The third kappa shape index (κ3) is 4.64. The van der Waals surface area contributed by atoms with Crippen molar-refractivity contribution in [2.24, 2.45) is 0 Å². The predicted octanol–water partition coefficient (Wildman–Crippen LogP) is 5.92. The van der Waals surface area contributed by atoms with Crippen molar-refractivity contribution in [3.63, 3.8) is 0 Å². The van der Waals surface area contributed by atoms with Crippen LogP contribution in [0.25, 0.3) is 32.8 Å². The maximum atomic E-state index is 17.1. The number of hydrogen-bond acceptors (Lipinski definition) is 7. The molecule has 8 rings (SSSR count). The lowest BCUT2D eigenvalue weighted by Crippen LogP contribution is -2.60. The van der Waals surface area contributed by atoms with Crippen LogP contribution in [0.1, 0.15) is 31.2 Å². The van der Waals surface area contributed by atoms with Crippen LogP contribution in [0.3, 0.4) is 0 Å². The van der Waals surface area contributed by atoms with Gasteiger partial charge in [-0.05, 0) is 42.8 Å². The minimum atomic E-state index is -0.973. The normalized spacial score (nSPS) is 25.3. The first kappa shape index (κ1) is 30.0. The zero-order valence-electron chi connectivity index (χ0n) is 25.7. The number of anilines is 1. The summed E-state index contributed by atoms with van der Waals surface area (Å²) in [7, 11) is 0. The molecule has 0 unspecified atom stereocenters. The Morgan fingerprint density at radius 3 is 2.85 bits per heavy atom. The molecule has 0 aliphatic carbocycles. The molecule has 0 bridgehead atoms. The summed E-state index contributed by atoms with van der Waals surface area (Å²) in [6, 6.07) is 7.12. The molecule has 0 saturated carbocycles. The van der Waals surface area contributed by atoms with E-state index in [9.17, 15) is 8.78 Å². The van der Waals surface area contributed by atoms with Crippen molar-refractivity contribution in [3.8, 4) is 35.2 Å². The Bertz CT molecular complexity index is 1980. The van der Waals surface area contributed by atoms with Gasteiger partial charge in [-0.25, -0.2) is 17.6 Å². The first-order chi connectivity index (χ1) is 22.8. The fourth-order valence-electron chi connectivity index (χ4n) is 8.18. The van der Waals surface area contributed by atoms with E-state index in [0.29, 0.717) is 43.7 Å². The Kier molecular flexibility index (Phi) is 7.26. The van der Waals surface area contributed by atoms with E-state index in [4.69, 9.17) is 20.9 Å². The number of nitrogens with zero attached hydrogens (tertiary/aromatic N) is 4. The lowest BCUT2D eigenvalue weighted by molar-refractivity contribution is 0.107. The third-order valence-electron chi connectivity index (χ3n) is 10.3. The minimum Gasteiger partial charge on any atom is -0.487 e. The van der Waals surface area contributed by atoms with Crippen LogP contribution in [0.5, 0.6) is 11.8 Å². The summed E-state index contributed by atoms with van der Waals surface area (Å²) in [6.45, 7) is 6.32. The molecule has 0 spiro atoms. The Morgan fingerprint density at radius 1 is 1.15 bits per heavy atom. The van der Waals surface area contributed by atoms with Gasteiger partial charge in [-0.2, -0.15) is 9.97 Å². The fraction of sp³-hybridized carbons (Fsp3) is 0.389. The lowest BCUT2D eigenvalue weighted by atomic mass is 9.92. The molecule has 3 fully saturated rings. The molecule has 4 atom stereocenters. The number of nitrogens with one attached hydrogen (secondary N) is 1. The second-order valence-corrected chi connectivity index (χ2v) is 12.9. The molecule has 0 amide bonds. The van der Waals surface area contributed by atoms with Gasteiger partial charge in [-0.1, -0.05) is 36.3 Å². The van der Waals surface area contributed by atoms with Crippen LogP contribution in [0, 0.1) is 29.8 Å². The monoisotopic (exact) mass is 643 g/mol. The van der Waals surface area contributed by atoms with Crippen molar-refractivity contribution in [1.82, 2.24) is 20.2 Å². The van der Waals surface area contributed by atoms with Crippen LogP contribution in [0.15, 0.2) is 43.0 Å². The molecule has 4 aliphatic heterocycles. The van der Waals surface area contributed by atoms with E-state index in [-0.39, 0.29) is 64.5 Å². The van der Waals surface area contributed by atoms with Crippen molar-refractivity contribution in [2.75, 3.05) is 44.3 Å². The smallest absolute Gasteiger partial charge is 0.319 e. The Hall–Kier alpha value is -4.40. The summed E-state index contributed by atoms with van der Waals surface area (Å²) >= 11 is 0. The number of benzene rings is 3. The van der Waals surface area contributed by atoms with Gasteiger partial charge in [0.25, 0.3) is 0 Å². The van der Waals surface area contributed by atoms with E-state index < -0.39 is 34.7 Å². The van der Waals surface area contributed by atoms with Gasteiger partial charge in [0, 0.05) is 37.5 Å². The molecule has 47 heavy (non-hydrogen) atoms. The molecular weight excluding hydrogens is 610 g/mol. The van der Waals surface area contributed by atoms with Gasteiger partial charge in [0.1, 0.15) is 36.5 Å². The summed E-state index contributed by atoms with van der Waals surface area (Å²) < 4.78 is 75.9. The number of rotatable bonds is 6. The van der Waals surface area contributed by atoms with Gasteiger partial charge in [0.05, 0.1) is 28.1 Å². The Balaban J connectivity index is 1.35. The Labute approximate surface area is 269 Å². The summed E-state index contributed by atoms with van der Waals surface area (Å²) in [6.07, 6.45) is 9.21. The number of hydrogen-bond donors (Lipinski definition) is 1. The van der Waals surface area contributed by atoms with Crippen LogP contribution in [0.2, 0.25) is 0 Å². The first-order valence-corrected chi connectivity index (χ1v) is 16.0. The largest absolute Gasteiger partial charge is 0.487 e. The van der Waals surface area contributed by atoms with Crippen molar-refractivity contribution < 1.29 is 27.0 Å². The van der Waals surface area contributed by atoms with E-state index in [1.54, 1.807) is 18.2 Å². The summed E-state index contributed by atoms with van der Waals surface area (Å²) in [4.78, 5) is 13.4. The van der Waals surface area contributed by atoms with Gasteiger partial charge in [0.15, 0.2) is 17.4 Å². The third-order valence-corrected chi connectivity index (χ3v) is 10.3. The molecule has 7 nitrogen and oxygen atoms in total. The van der Waals surface area contributed by atoms with Crippen LogP contribution in [-0.4, -0.2) is 78.1 Å². The maximum absolute atomic E-state index is 17.1. The lowest BCUT2D eigenvalue weighted by Gasteiger charge is -2.41. The second kappa shape index (κ2) is 11.4. The number of alkyl halides is 1. The number of aromatic nitrogens is 2. The second-order valence-electron chi connectivity index (χ2n) is 12.9. The molecule has 1 N–H and O–H groups in total. The fourth-order valence-corrected chi connectivity index (χ4v) is 8.18. The SMILES string of the molecule is C#Cc1c(F)ccc2cccc(-c3c(F)c4c5c(nc(OC[C@@]67CCCN6C[C@H](F)C7)nc5c3F)N3CCN[C@@H](CC=C)[C@H]3CO4)c12. The molecule has 4 aromatic rings. The molecule has 5 heterocycles.